The predicted molar refractivity (Wildman–Crippen MR) is 126 cm³/mol. The van der Waals surface area contributed by atoms with E-state index in [1.165, 1.54) is 17.9 Å². The van der Waals surface area contributed by atoms with Crippen LogP contribution in [0.1, 0.15) is 26.3 Å². The summed E-state index contributed by atoms with van der Waals surface area (Å²) >= 11 is 0. The molecule has 0 radical (unpaired) electrons. The summed E-state index contributed by atoms with van der Waals surface area (Å²) in [5.41, 5.74) is 2.20. The number of hydrogen-bond acceptors (Lipinski definition) is 4. The summed E-state index contributed by atoms with van der Waals surface area (Å²) in [6, 6.07) is 12.8. The third-order valence-electron chi connectivity index (χ3n) is 5.50. The summed E-state index contributed by atoms with van der Waals surface area (Å²) in [5, 5.41) is 0. The minimum Gasteiger partial charge on any atom is -0.312 e. The van der Waals surface area contributed by atoms with Crippen molar-refractivity contribution in [3.05, 3.63) is 66.7 Å². The fourth-order valence-corrected chi connectivity index (χ4v) is 5.19. The molecule has 0 fully saturated rings. The predicted octanol–water partition coefficient (Wildman–Crippen LogP) is 3.12. The highest BCUT2D eigenvalue weighted by atomic mass is 32.2. The highest BCUT2D eigenvalue weighted by Crippen LogP contribution is 2.30. The molecule has 2 aromatic carbocycles. The van der Waals surface area contributed by atoms with Gasteiger partial charge < -0.3 is 9.80 Å². The molecular formula is C24H29N3O4S. The van der Waals surface area contributed by atoms with E-state index in [1.807, 2.05) is 18.2 Å². The number of rotatable bonds is 8. The summed E-state index contributed by atoms with van der Waals surface area (Å²) in [4.78, 5) is 28.4. The molecule has 2 amide bonds. The molecule has 0 unspecified atom stereocenters. The van der Waals surface area contributed by atoms with Crippen molar-refractivity contribution >= 4 is 33.2 Å². The lowest BCUT2D eigenvalue weighted by Crippen LogP contribution is -2.51. The van der Waals surface area contributed by atoms with Gasteiger partial charge in [-0.3, -0.25) is 9.59 Å². The average molecular weight is 456 g/mol. The molecule has 0 spiro atoms. The molecule has 2 aromatic rings. The average Bonchev–Trinajstić information content (AvgIpc) is 3.19. The second kappa shape index (κ2) is 9.67. The molecule has 0 bridgehead atoms. The van der Waals surface area contributed by atoms with Crippen LogP contribution in [-0.4, -0.2) is 39.4 Å². The van der Waals surface area contributed by atoms with E-state index < -0.39 is 16.1 Å². The van der Waals surface area contributed by atoms with Gasteiger partial charge in [-0.25, -0.2) is 8.42 Å². The Labute approximate surface area is 189 Å². The van der Waals surface area contributed by atoms with E-state index in [-0.39, 0.29) is 29.2 Å². The number of anilines is 2. The Balaban J connectivity index is 1.89. The van der Waals surface area contributed by atoms with E-state index in [1.54, 1.807) is 49.1 Å². The molecule has 0 aromatic heterocycles. The molecule has 32 heavy (non-hydrogen) atoms. The van der Waals surface area contributed by atoms with Crippen LogP contribution in [0.3, 0.4) is 0 Å². The van der Waals surface area contributed by atoms with Crippen molar-refractivity contribution in [2.45, 2.75) is 38.1 Å². The first-order chi connectivity index (χ1) is 15.2. The van der Waals surface area contributed by atoms with Crippen LogP contribution in [0.5, 0.6) is 0 Å². The molecule has 1 atom stereocenters. The quantitative estimate of drug-likeness (QED) is 0.620. The minimum absolute atomic E-state index is 0.0776. The van der Waals surface area contributed by atoms with Crippen LogP contribution in [-0.2, 0) is 26.0 Å². The monoisotopic (exact) mass is 455 g/mol. The van der Waals surface area contributed by atoms with Crippen molar-refractivity contribution in [2.75, 3.05) is 22.9 Å². The molecule has 1 aliphatic heterocycles. The molecule has 0 aliphatic carbocycles. The van der Waals surface area contributed by atoms with Crippen molar-refractivity contribution in [3.63, 3.8) is 0 Å². The van der Waals surface area contributed by atoms with Gasteiger partial charge in [0.25, 0.3) is 0 Å². The Morgan fingerprint density at radius 2 is 1.88 bits per heavy atom. The molecule has 3 rings (SSSR count). The number of para-hydroxylation sites is 1. The first kappa shape index (κ1) is 23.7. The van der Waals surface area contributed by atoms with Crippen LogP contribution in [0.15, 0.2) is 66.1 Å². The third-order valence-corrected chi connectivity index (χ3v) is 6.94. The number of nitrogens with one attached hydrogen (secondary N) is 1. The highest BCUT2D eigenvalue weighted by Gasteiger charge is 2.33. The number of nitrogens with zero attached hydrogens (tertiary/aromatic N) is 2. The second-order valence-electron chi connectivity index (χ2n) is 8.13. The normalized spacial score (nSPS) is 14.2. The van der Waals surface area contributed by atoms with Crippen LogP contribution >= 0.6 is 0 Å². The standard InChI is InChI=1S/C24H29N3O4S/c1-5-14-27(20-9-7-6-8-10-20)24(29)23(17(2)3)25-32(30,31)21-11-12-22-19(16-21)13-15-26(22)18(4)28/h5-12,16-17,23,25H,1,13-15H2,2-4H3/t23-/m1/s1. The fraction of sp³-hybridized carbons (Fsp3) is 0.333. The zero-order valence-corrected chi connectivity index (χ0v) is 19.4. The Kier molecular flexibility index (Phi) is 7.16. The topological polar surface area (TPSA) is 86.8 Å². The van der Waals surface area contributed by atoms with E-state index in [2.05, 4.69) is 11.3 Å². The lowest BCUT2D eigenvalue weighted by molar-refractivity contribution is -0.121. The van der Waals surface area contributed by atoms with Gasteiger partial charge in [-0.15, -0.1) is 6.58 Å². The first-order valence-corrected chi connectivity index (χ1v) is 12.0. The number of sulfonamides is 1. The SMILES string of the molecule is C=CCN(C(=O)[C@H](NS(=O)(=O)c1ccc2c(c1)CCN2C(C)=O)C(C)C)c1ccccc1. The largest absolute Gasteiger partial charge is 0.312 e. The lowest BCUT2D eigenvalue weighted by atomic mass is 10.0. The molecule has 0 saturated heterocycles. The number of hydrogen-bond donors (Lipinski definition) is 1. The Hall–Kier alpha value is -2.97. The minimum atomic E-state index is -3.97. The van der Waals surface area contributed by atoms with Gasteiger partial charge in [0.15, 0.2) is 0 Å². The van der Waals surface area contributed by atoms with E-state index >= 15 is 0 Å². The molecule has 1 N–H and O–H groups in total. The summed E-state index contributed by atoms with van der Waals surface area (Å²) in [5.74, 6) is -0.708. The second-order valence-corrected chi connectivity index (χ2v) is 9.84. The van der Waals surface area contributed by atoms with E-state index in [0.717, 1.165) is 11.3 Å². The van der Waals surface area contributed by atoms with Crippen LogP contribution in [0, 0.1) is 5.92 Å². The fourth-order valence-electron chi connectivity index (χ4n) is 3.81. The molecule has 0 saturated carbocycles. The molecule has 7 nitrogen and oxygen atoms in total. The molecule has 1 heterocycles. The smallest absolute Gasteiger partial charge is 0.245 e. The first-order valence-electron chi connectivity index (χ1n) is 10.6. The maximum atomic E-state index is 13.4. The number of carbonyl (C=O) groups is 2. The van der Waals surface area contributed by atoms with Gasteiger partial charge in [-0.1, -0.05) is 38.1 Å². The van der Waals surface area contributed by atoms with Gasteiger partial charge in [0, 0.05) is 31.4 Å². The van der Waals surface area contributed by atoms with Gasteiger partial charge >= 0.3 is 0 Å². The molecule has 8 heteroatoms. The summed E-state index contributed by atoms with van der Waals surface area (Å²) in [7, 11) is -3.97. The van der Waals surface area contributed by atoms with Crippen molar-refractivity contribution in [2.24, 2.45) is 5.92 Å². The van der Waals surface area contributed by atoms with E-state index in [4.69, 9.17) is 0 Å². The Morgan fingerprint density at radius 3 is 2.47 bits per heavy atom. The van der Waals surface area contributed by atoms with Gasteiger partial charge in [-0.05, 0) is 48.2 Å². The molecule has 170 valence electrons. The summed E-state index contributed by atoms with van der Waals surface area (Å²) in [6.07, 6.45) is 2.20. The van der Waals surface area contributed by atoms with Gasteiger partial charge in [-0.2, -0.15) is 4.72 Å². The lowest BCUT2D eigenvalue weighted by Gasteiger charge is -2.29. The zero-order valence-electron chi connectivity index (χ0n) is 18.6. The van der Waals surface area contributed by atoms with Crippen LogP contribution in [0.4, 0.5) is 11.4 Å². The summed E-state index contributed by atoms with van der Waals surface area (Å²) < 4.78 is 29.0. The van der Waals surface area contributed by atoms with Crippen LogP contribution < -0.4 is 14.5 Å². The molecular weight excluding hydrogens is 426 g/mol. The van der Waals surface area contributed by atoms with Crippen LogP contribution in [0.2, 0.25) is 0 Å². The number of fused-ring (bicyclic) bond motifs is 1. The van der Waals surface area contributed by atoms with Gasteiger partial charge in [0.05, 0.1) is 4.90 Å². The zero-order chi connectivity index (χ0) is 23.5. The van der Waals surface area contributed by atoms with Crippen molar-refractivity contribution in [1.29, 1.82) is 0 Å². The number of amides is 2. The maximum absolute atomic E-state index is 13.4. The Bertz CT molecular complexity index is 1110. The third kappa shape index (κ3) is 4.92. The maximum Gasteiger partial charge on any atom is 0.245 e. The van der Waals surface area contributed by atoms with Crippen molar-refractivity contribution in [3.8, 4) is 0 Å². The highest BCUT2D eigenvalue weighted by molar-refractivity contribution is 7.89. The number of benzene rings is 2. The van der Waals surface area contributed by atoms with Gasteiger partial charge in [0.1, 0.15) is 6.04 Å². The Morgan fingerprint density at radius 1 is 1.19 bits per heavy atom. The number of carbonyl (C=O) groups excluding carboxylic acids is 2. The summed E-state index contributed by atoms with van der Waals surface area (Å²) in [6.45, 7) is 9.60. The van der Waals surface area contributed by atoms with Crippen LogP contribution in [0.25, 0.3) is 0 Å². The van der Waals surface area contributed by atoms with Crippen molar-refractivity contribution < 1.29 is 18.0 Å². The van der Waals surface area contributed by atoms with E-state index in [9.17, 15) is 18.0 Å². The van der Waals surface area contributed by atoms with Gasteiger partial charge in [0.2, 0.25) is 21.8 Å². The van der Waals surface area contributed by atoms with Crippen molar-refractivity contribution in [1.82, 2.24) is 4.72 Å². The molecule has 1 aliphatic rings. The van der Waals surface area contributed by atoms with E-state index in [0.29, 0.717) is 18.7 Å².